The molecule has 3 heterocycles. The Bertz CT molecular complexity index is 1010. The van der Waals surface area contributed by atoms with Gasteiger partial charge in [0.05, 0.1) is 17.4 Å². The Morgan fingerprint density at radius 1 is 1.00 bits per heavy atom. The van der Waals surface area contributed by atoms with Crippen LogP contribution in [-0.4, -0.2) is 19.8 Å². The van der Waals surface area contributed by atoms with Gasteiger partial charge in [0, 0.05) is 24.1 Å². The smallest absolute Gasteiger partial charge is 0.174 e. The molecule has 2 aromatic heterocycles. The van der Waals surface area contributed by atoms with Crippen LogP contribution >= 0.6 is 12.2 Å². The molecule has 1 saturated heterocycles. The predicted octanol–water partition coefficient (Wildman–Crippen LogP) is 4.88. The predicted molar refractivity (Wildman–Crippen MR) is 118 cm³/mol. The van der Waals surface area contributed by atoms with Gasteiger partial charge in [-0.05, 0) is 61.5 Å². The lowest BCUT2D eigenvalue weighted by molar-refractivity contribution is 0.454. The number of aromatic hydroxyl groups is 1. The van der Waals surface area contributed by atoms with Crippen LogP contribution in [0.3, 0.4) is 0 Å². The summed E-state index contributed by atoms with van der Waals surface area (Å²) in [5.41, 5.74) is 2.85. The number of phenols is 1. The van der Waals surface area contributed by atoms with Gasteiger partial charge in [0.15, 0.2) is 5.11 Å². The number of hydrogen-bond acceptors (Lipinski definition) is 3. The van der Waals surface area contributed by atoms with E-state index in [1.54, 1.807) is 6.07 Å². The standard InChI is InChI=1S/C23H24N4OS/c28-20-13-4-3-11-18(20)27-22(19-12-7-15-26(19)16-8-1-2-9-16)21(25-23(27)29)17-10-5-6-14-24-17/h3-7,10-16,21-22,28H,1-2,8-9H2,(H,25,29)/t21-,22-/m0/s1. The van der Waals surface area contributed by atoms with E-state index in [1.807, 2.05) is 47.5 Å². The van der Waals surface area contributed by atoms with E-state index < -0.39 is 0 Å². The molecule has 0 radical (unpaired) electrons. The minimum absolute atomic E-state index is 0.0960. The molecule has 1 aromatic carbocycles. The van der Waals surface area contributed by atoms with Crippen LogP contribution in [0.4, 0.5) is 5.69 Å². The highest BCUT2D eigenvalue weighted by atomic mass is 32.1. The Kier molecular flexibility index (Phi) is 4.72. The fraction of sp³-hybridized carbons (Fsp3) is 0.304. The van der Waals surface area contributed by atoms with Crippen molar-refractivity contribution in [2.75, 3.05) is 4.90 Å². The Morgan fingerprint density at radius 2 is 1.79 bits per heavy atom. The van der Waals surface area contributed by atoms with E-state index in [0.717, 1.165) is 5.69 Å². The molecule has 0 bridgehead atoms. The van der Waals surface area contributed by atoms with Crippen LogP contribution < -0.4 is 10.2 Å². The molecule has 3 aromatic rings. The van der Waals surface area contributed by atoms with Crippen molar-refractivity contribution in [2.24, 2.45) is 0 Å². The molecule has 0 spiro atoms. The largest absolute Gasteiger partial charge is 0.506 e. The van der Waals surface area contributed by atoms with Crippen molar-refractivity contribution in [1.29, 1.82) is 0 Å². The molecule has 2 aliphatic rings. The summed E-state index contributed by atoms with van der Waals surface area (Å²) in [6.07, 6.45) is 8.96. The van der Waals surface area contributed by atoms with Gasteiger partial charge in [-0.3, -0.25) is 4.98 Å². The number of thiocarbonyl (C=S) groups is 1. The summed E-state index contributed by atoms with van der Waals surface area (Å²) in [6.45, 7) is 0. The van der Waals surface area contributed by atoms with E-state index in [2.05, 4.69) is 33.2 Å². The van der Waals surface area contributed by atoms with E-state index in [9.17, 15) is 5.11 Å². The summed E-state index contributed by atoms with van der Waals surface area (Å²) < 4.78 is 2.41. The molecule has 2 fully saturated rings. The number of anilines is 1. The maximum Gasteiger partial charge on any atom is 0.174 e. The van der Waals surface area contributed by atoms with E-state index in [-0.39, 0.29) is 17.8 Å². The normalized spacial score (nSPS) is 22.2. The van der Waals surface area contributed by atoms with Crippen molar-refractivity contribution in [3.63, 3.8) is 0 Å². The van der Waals surface area contributed by atoms with Crippen LogP contribution in [0.2, 0.25) is 0 Å². The number of aromatic nitrogens is 2. The van der Waals surface area contributed by atoms with Crippen molar-refractivity contribution in [2.45, 2.75) is 43.8 Å². The molecule has 0 unspecified atom stereocenters. The lowest BCUT2D eigenvalue weighted by atomic mass is 10.00. The molecule has 148 valence electrons. The van der Waals surface area contributed by atoms with Crippen molar-refractivity contribution in [3.05, 3.63) is 78.4 Å². The first-order valence-electron chi connectivity index (χ1n) is 10.2. The Morgan fingerprint density at radius 3 is 2.55 bits per heavy atom. The van der Waals surface area contributed by atoms with Gasteiger partial charge in [0.1, 0.15) is 11.8 Å². The highest BCUT2D eigenvalue weighted by Crippen LogP contribution is 2.45. The van der Waals surface area contributed by atoms with Crippen molar-refractivity contribution >= 4 is 23.0 Å². The van der Waals surface area contributed by atoms with Gasteiger partial charge in [0.2, 0.25) is 0 Å². The van der Waals surface area contributed by atoms with Gasteiger partial charge in [-0.1, -0.05) is 31.0 Å². The third kappa shape index (κ3) is 3.17. The zero-order valence-electron chi connectivity index (χ0n) is 16.1. The van der Waals surface area contributed by atoms with Crippen LogP contribution in [0.5, 0.6) is 5.75 Å². The van der Waals surface area contributed by atoms with Crippen LogP contribution in [0.15, 0.2) is 67.0 Å². The number of phenolic OH excluding ortho intramolecular Hbond substituents is 1. The first-order chi connectivity index (χ1) is 14.2. The zero-order valence-corrected chi connectivity index (χ0v) is 16.9. The average molecular weight is 405 g/mol. The second-order valence-electron chi connectivity index (χ2n) is 7.76. The van der Waals surface area contributed by atoms with E-state index in [0.29, 0.717) is 16.8 Å². The molecule has 5 nitrogen and oxygen atoms in total. The molecule has 5 rings (SSSR count). The fourth-order valence-electron chi connectivity index (χ4n) is 4.76. The molecule has 0 amide bonds. The Balaban J connectivity index is 1.65. The fourth-order valence-corrected chi connectivity index (χ4v) is 5.09. The SMILES string of the molecule is Oc1ccccc1N1C(=S)N[C@@H](c2ccccn2)[C@@H]1c1cccn1C1CCCC1. The first-order valence-corrected chi connectivity index (χ1v) is 10.6. The molecular weight excluding hydrogens is 380 g/mol. The Hall–Kier alpha value is -2.86. The summed E-state index contributed by atoms with van der Waals surface area (Å²) in [7, 11) is 0. The monoisotopic (exact) mass is 404 g/mol. The second-order valence-corrected chi connectivity index (χ2v) is 8.15. The zero-order chi connectivity index (χ0) is 19.8. The highest BCUT2D eigenvalue weighted by molar-refractivity contribution is 7.80. The van der Waals surface area contributed by atoms with Gasteiger partial charge < -0.3 is 19.9 Å². The molecular formula is C23H24N4OS. The highest BCUT2D eigenvalue weighted by Gasteiger charge is 2.43. The summed E-state index contributed by atoms with van der Waals surface area (Å²) in [5.74, 6) is 0.224. The topological polar surface area (TPSA) is 53.3 Å². The third-order valence-electron chi connectivity index (χ3n) is 6.07. The van der Waals surface area contributed by atoms with E-state index >= 15 is 0 Å². The summed E-state index contributed by atoms with van der Waals surface area (Å²) >= 11 is 5.75. The average Bonchev–Trinajstić information content (AvgIpc) is 3.48. The van der Waals surface area contributed by atoms with Gasteiger partial charge >= 0.3 is 0 Å². The minimum atomic E-state index is -0.0987. The molecule has 1 saturated carbocycles. The summed E-state index contributed by atoms with van der Waals surface area (Å²) in [5, 5.41) is 14.7. The number of rotatable bonds is 4. The number of para-hydroxylation sites is 2. The van der Waals surface area contributed by atoms with Crippen LogP contribution in [-0.2, 0) is 0 Å². The first kappa shape index (κ1) is 18.2. The Labute approximate surface area is 176 Å². The number of benzene rings is 1. The second kappa shape index (κ2) is 7.52. The van der Waals surface area contributed by atoms with Gasteiger partial charge in [0.25, 0.3) is 0 Å². The molecule has 29 heavy (non-hydrogen) atoms. The number of nitrogens with zero attached hydrogens (tertiary/aromatic N) is 3. The number of hydrogen-bond donors (Lipinski definition) is 2. The quantitative estimate of drug-likeness (QED) is 0.607. The van der Waals surface area contributed by atoms with Crippen LogP contribution in [0, 0.1) is 0 Å². The van der Waals surface area contributed by atoms with Gasteiger partial charge in [-0.25, -0.2) is 0 Å². The molecule has 2 atom stereocenters. The number of nitrogens with one attached hydrogen (secondary N) is 1. The maximum absolute atomic E-state index is 10.6. The molecule has 6 heteroatoms. The maximum atomic E-state index is 10.6. The lowest BCUT2D eigenvalue weighted by Gasteiger charge is -2.30. The molecule has 2 N–H and O–H groups in total. The van der Waals surface area contributed by atoms with Crippen LogP contribution in [0.25, 0.3) is 0 Å². The number of pyridine rings is 1. The third-order valence-corrected chi connectivity index (χ3v) is 6.39. The van der Waals surface area contributed by atoms with E-state index in [1.165, 1.54) is 31.4 Å². The van der Waals surface area contributed by atoms with Crippen molar-refractivity contribution in [1.82, 2.24) is 14.9 Å². The van der Waals surface area contributed by atoms with Gasteiger partial charge in [-0.15, -0.1) is 0 Å². The lowest BCUT2D eigenvalue weighted by Crippen LogP contribution is -2.30. The van der Waals surface area contributed by atoms with Gasteiger partial charge in [-0.2, -0.15) is 0 Å². The minimum Gasteiger partial charge on any atom is -0.506 e. The van der Waals surface area contributed by atoms with Crippen molar-refractivity contribution in [3.8, 4) is 5.75 Å². The molecule has 1 aliphatic carbocycles. The van der Waals surface area contributed by atoms with Crippen LogP contribution in [0.1, 0.15) is 55.2 Å². The summed E-state index contributed by atoms with van der Waals surface area (Å²) in [4.78, 5) is 6.66. The summed E-state index contributed by atoms with van der Waals surface area (Å²) in [6, 6.07) is 18.0. The van der Waals surface area contributed by atoms with Crippen molar-refractivity contribution < 1.29 is 5.11 Å². The van der Waals surface area contributed by atoms with E-state index in [4.69, 9.17) is 12.2 Å². The molecule has 1 aliphatic heterocycles.